The van der Waals surface area contributed by atoms with Crippen LogP contribution < -0.4 is 9.47 Å². The monoisotopic (exact) mass is 336 g/mol. The zero-order valence-electron chi connectivity index (χ0n) is 10.8. The molecule has 0 N–H and O–H groups in total. The average Bonchev–Trinajstić information content (AvgIpc) is 2.37. The van der Waals surface area contributed by atoms with Crippen molar-refractivity contribution in [3.05, 3.63) is 22.7 Å². The van der Waals surface area contributed by atoms with Gasteiger partial charge in [-0.1, -0.05) is 27.5 Å². The van der Waals surface area contributed by atoms with E-state index in [-0.39, 0.29) is 6.10 Å². The summed E-state index contributed by atoms with van der Waals surface area (Å²) in [5, 5.41) is 1.30. The first-order valence-corrected chi connectivity index (χ1v) is 7.20. The van der Waals surface area contributed by atoms with Gasteiger partial charge in [-0.3, -0.25) is 0 Å². The van der Waals surface area contributed by atoms with E-state index in [1.165, 1.54) is 0 Å². The van der Waals surface area contributed by atoms with Crippen molar-refractivity contribution in [1.82, 2.24) is 0 Å². The second-order valence-electron chi connectivity index (χ2n) is 3.94. The minimum Gasteiger partial charge on any atom is -0.493 e. The number of benzene rings is 1. The van der Waals surface area contributed by atoms with Crippen molar-refractivity contribution >= 4 is 27.5 Å². The number of alkyl halides is 1. The van der Waals surface area contributed by atoms with E-state index < -0.39 is 0 Å². The van der Waals surface area contributed by atoms with Gasteiger partial charge >= 0.3 is 0 Å². The standard InChI is InChI=1S/C13H18BrClO3/c1-9(4-5-16-2)18-13-10(8-14)6-11(15)7-12(13)17-3/h6-7,9H,4-5,8H2,1-3H3. The molecule has 0 amide bonds. The maximum absolute atomic E-state index is 6.02. The van der Waals surface area contributed by atoms with Crippen LogP contribution in [0.15, 0.2) is 12.1 Å². The van der Waals surface area contributed by atoms with Crippen LogP contribution in [0.4, 0.5) is 0 Å². The summed E-state index contributed by atoms with van der Waals surface area (Å²) in [5.41, 5.74) is 0.976. The molecule has 102 valence electrons. The third-order valence-corrected chi connectivity index (χ3v) is 3.33. The first kappa shape index (κ1) is 15.6. The van der Waals surface area contributed by atoms with E-state index in [9.17, 15) is 0 Å². The highest BCUT2D eigenvalue weighted by atomic mass is 79.9. The first-order chi connectivity index (χ1) is 8.62. The second-order valence-corrected chi connectivity index (χ2v) is 4.94. The molecule has 1 unspecified atom stereocenters. The van der Waals surface area contributed by atoms with Crippen LogP contribution in [0.5, 0.6) is 11.5 Å². The number of hydrogen-bond donors (Lipinski definition) is 0. The SMILES string of the molecule is COCCC(C)Oc1c(CBr)cc(Cl)cc1OC. The lowest BCUT2D eigenvalue weighted by molar-refractivity contribution is 0.132. The van der Waals surface area contributed by atoms with E-state index in [1.807, 2.05) is 13.0 Å². The van der Waals surface area contributed by atoms with Gasteiger partial charge in [-0.05, 0) is 13.0 Å². The third kappa shape index (κ3) is 4.34. The molecule has 0 bridgehead atoms. The summed E-state index contributed by atoms with van der Waals surface area (Å²) in [5.74, 6) is 1.39. The van der Waals surface area contributed by atoms with E-state index >= 15 is 0 Å². The molecule has 18 heavy (non-hydrogen) atoms. The van der Waals surface area contributed by atoms with Gasteiger partial charge in [-0.2, -0.15) is 0 Å². The highest BCUT2D eigenvalue weighted by Gasteiger charge is 2.15. The van der Waals surface area contributed by atoms with Crippen LogP contribution in [0.25, 0.3) is 0 Å². The molecule has 5 heteroatoms. The molecule has 0 saturated heterocycles. The summed E-state index contributed by atoms with van der Waals surface area (Å²) >= 11 is 9.45. The van der Waals surface area contributed by atoms with Crippen LogP contribution in [-0.4, -0.2) is 26.9 Å². The Morgan fingerprint density at radius 3 is 2.61 bits per heavy atom. The van der Waals surface area contributed by atoms with Crippen molar-refractivity contribution < 1.29 is 14.2 Å². The van der Waals surface area contributed by atoms with Crippen LogP contribution >= 0.6 is 27.5 Å². The normalized spacial score (nSPS) is 12.3. The average molecular weight is 338 g/mol. The van der Waals surface area contributed by atoms with Crippen molar-refractivity contribution in [3.8, 4) is 11.5 Å². The summed E-state index contributed by atoms with van der Waals surface area (Å²) in [4.78, 5) is 0. The number of halogens is 2. The van der Waals surface area contributed by atoms with Crippen molar-refractivity contribution in [1.29, 1.82) is 0 Å². The lowest BCUT2D eigenvalue weighted by Crippen LogP contribution is -2.15. The van der Waals surface area contributed by atoms with Crippen LogP contribution in [0.3, 0.4) is 0 Å². The predicted molar refractivity (Wildman–Crippen MR) is 77.2 cm³/mol. The quantitative estimate of drug-likeness (QED) is 0.703. The molecule has 0 fully saturated rings. The number of hydrogen-bond acceptors (Lipinski definition) is 3. The highest BCUT2D eigenvalue weighted by Crippen LogP contribution is 2.36. The fraction of sp³-hybridized carbons (Fsp3) is 0.538. The van der Waals surface area contributed by atoms with Crippen molar-refractivity contribution in [3.63, 3.8) is 0 Å². The predicted octanol–water partition coefficient (Wildman–Crippen LogP) is 4.05. The number of methoxy groups -OCH3 is 2. The van der Waals surface area contributed by atoms with Gasteiger partial charge < -0.3 is 14.2 Å². The molecule has 3 nitrogen and oxygen atoms in total. The van der Waals surface area contributed by atoms with Gasteiger partial charge in [0, 0.05) is 42.1 Å². The topological polar surface area (TPSA) is 27.7 Å². The van der Waals surface area contributed by atoms with Gasteiger partial charge in [0.1, 0.15) is 0 Å². The first-order valence-electron chi connectivity index (χ1n) is 5.70. The molecule has 0 aliphatic rings. The van der Waals surface area contributed by atoms with E-state index in [2.05, 4.69) is 15.9 Å². The Kier molecular flexibility index (Phi) is 6.82. The van der Waals surface area contributed by atoms with Gasteiger partial charge in [0.2, 0.25) is 0 Å². The molecular weight excluding hydrogens is 319 g/mol. The maximum Gasteiger partial charge on any atom is 0.165 e. The molecule has 1 rings (SSSR count). The molecule has 0 saturated carbocycles. The molecule has 0 spiro atoms. The van der Waals surface area contributed by atoms with Gasteiger partial charge in [-0.15, -0.1) is 0 Å². The largest absolute Gasteiger partial charge is 0.493 e. The minimum atomic E-state index is 0.0535. The molecular formula is C13H18BrClO3. The lowest BCUT2D eigenvalue weighted by Gasteiger charge is -2.19. The molecule has 0 heterocycles. The lowest BCUT2D eigenvalue weighted by atomic mass is 10.2. The van der Waals surface area contributed by atoms with E-state index in [4.69, 9.17) is 25.8 Å². The summed E-state index contributed by atoms with van der Waals surface area (Å²) in [6.07, 6.45) is 0.877. The number of rotatable bonds is 7. The molecule has 0 radical (unpaired) electrons. The Morgan fingerprint density at radius 1 is 1.33 bits per heavy atom. The molecule has 0 aromatic heterocycles. The van der Waals surface area contributed by atoms with E-state index in [0.717, 1.165) is 17.7 Å². The Balaban J connectivity index is 2.91. The summed E-state index contributed by atoms with van der Waals surface area (Å²) in [6.45, 7) is 2.67. The minimum absolute atomic E-state index is 0.0535. The van der Waals surface area contributed by atoms with Crippen molar-refractivity contribution in [2.45, 2.75) is 24.8 Å². The Bertz CT molecular complexity index is 359. The molecule has 1 atom stereocenters. The van der Waals surface area contributed by atoms with Gasteiger partial charge in [0.15, 0.2) is 11.5 Å². The van der Waals surface area contributed by atoms with Crippen molar-refractivity contribution in [2.24, 2.45) is 0 Å². The summed E-state index contributed by atoms with van der Waals surface area (Å²) in [6, 6.07) is 3.63. The van der Waals surface area contributed by atoms with E-state index in [1.54, 1.807) is 20.3 Å². The van der Waals surface area contributed by atoms with Crippen LogP contribution in [0, 0.1) is 0 Å². The summed E-state index contributed by atoms with van der Waals surface area (Å²) in [7, 11) is 3.29. The maximum atomic E-state index is 6.02. The summed E-state index contributed by atoms with van der Waals surface area (Å²) < 4.78 is 16.3. The number of ether oxygens (including phenoxy) is 3. The second kappa shape index (κ2) is 7.87. The molecule has 0 aliphatic heterocycles. The highest BCUT2D eigenvalue weighted by molar-refractivity contribution is 9.08. The van der Waals surface area contributed by atoms with E-state index in [0.29, 0.717) is 22.7 Å². The van der Waals surface area contributed by atoms with Crippen molar-refractivity contribution in [2.75, 3.05) is 20.8 Å². The van der Waals surface area contributed by atoms with Crippen LogP contribution in [0.2, 0.25) is 5.02 Å². The van der Waals surface area contributed by atoms with Gasteiger partial charge in [0.25, 0.3) is 0 Å². The van der Waals surface area contributed by atoms with Gasteiger partial charge in [-0.25, -0.2) is 0 Å². The fourth-order valence-corrected chi connectivity index (χ4v) is 2.20. The zero-order chi connectivity index (χ0) is 13.5. The van der Waals surface area contributed by atoms with Gasteiger partial charge in [0.05, 0.1) is 13.2 Å². The third-order valence-electron chi connectivity index (χ3n) is 2.51. The molecule has 0 aliphatic carbocycles. The Morgan fingerprint density at radius 2 is 2.06 bits per heavy atom. The molecule has 1 aromatic carbocycles. The van der Waals surface area contributed by atoms with Crippen LogP contribution in [0.1, 0.15) is 18.9 Å². The molecule has 1 aromatic rings. The Labute approximate surface area is 121 Å². The Hall–Kier alpha value is -0.450. The van der Waals surface area contributed by atoms with Crippen LogP contribution in [-0.2, 0) is 10.1 Å². The smallest absolute Gasteiger partial charge is 0.165 e. The zero-order valence-corrected chi connectivity index (χ0v) is 13.2. The fourth-order valence-electron chi connectivity index (χ4n) is 1.55.